The fourth-order valence-corrected chi connectivity index (χ4v) is 1.39. The van der Waals surface area contributed by atoms with Crippen LogP contribution in [0.15, 0.2) is 30.3 Å². The molecule has 0 aromatic heterocycles. The SMILES string of the molecule is CCCCC(OCC)OCC.Oc1ccccc1. The first kappa shape index (κ1) is 16.9. The van der Waals surface area contributed by atoms with Crippen LogP contribution in [-0.2, 0) is 9.47 Å². The molecule has 1 aromatic rings. The predicted molar refractivity (Wildman–Crippen MR) is 74.7 cm³/mol. The average molecular weight is 254 g/mol. The van der Waals surface area contributed by atoms with E-state index in [4.69, 9.17) is 14.6 Å². The van der Waals surface area contributed by atoms with Crippen LogP contribution < -0.4 is 0 Å². The zero-order chi connectivity index (χ0) is 13.6. The van der Waals surface area contributed by atoms with E-state index in [1.807, 2.05) is 19.9 Å². The zero-order valence-electron chi connectivity index (χ0n) is 11.8. The summed E-state index contributed by atoms with van der Waals surface area (Å²) >= 11 is 0. The number of phenolic OH excluding ortho intramolecular Hbond substituents is 1. The van der Waals surface area contributed by atoms with Crippen LogP contribution in [0.5, 0.6) is 5.75 Å². The monoisotopic (exact) mass is 254 g/mol. The van der Waals surface area contributed by atoms with E-state index in [0.717, 1.165) is 19.6 Å². The van der Waals surface area contributed by atoms with Crippen LogP contribution in [0.4, 0.5) is 0 Å². The van der Waals surface area contributed by atoms with Crippen molar-refractivity contribution in [1.82, 2.24) is 0 Å². The average Bonchev–Trinajstić information content (AvgIpc) is 2.38. The summed E-state index contributed by atoms with van der Waals surface area (Å²) in [6.07, 6.45) is 3.45. The van der Waals surface area contributed by atoms with Crippen molar-refractivity contribution >= 4 is 0 Å². The van der Waals surface area contributed by atoms with Gasteiger partial charge in [-0.2, -0.15) is 0 Å². The van der Waals surface area contributed by atoms with Gasteiger partial charge in [-0.25, -0.2) is 0 Å². The Labute approximate surface area is 111 Å². The van der Waals surface area contributed by atoms with Crippen molar-refractivity contribution in [2.45, 2.75) is 46.3 Å². The van der Waals surface area contributed by atoms with E-state index in [9.17, 15) is 0 Å². The van der Waals surface area contributed by atoms with Crippen molar-refractivity contribution in [3.63, 3.8) is 0 Å². The molecule has 0 bridgehead atoms. The van der Waals surface area contributed by atoms with E-state index in [1.165, 1.54) is 12.8 Å². The number of rotatable bonds is 7. The van der Waals surface area contributed by atoms with Crippen molar-refractivity contribution < 1.29 is 14.6 Å². The van der Waals surface area contributed by atoms with Crippen LogP contribution in [0.25, 0.3) is 0 Å². The lowest BCUT2D eigenvalue weighted by atomic mass is 10.2. The molecule has 0 spiro atoms. The smallest absolute Gasteiger partial charge is 0.157 e. The van der Waals surface area contributed by atoms with Crippen molar-refractivity contribution in [1.29, 1.82) is 0 Å². The Balaban J connectivity index is 0.000000351. The summed E-state index contributed by atoms with van der Waals surface area (Å²) in [5.74, 6) is 0.322. The molecule has 1 rings (SSSR count). The molecule has 18 heavy (non-hydrogen) atoms. The largest absolute Gasteiger partial charge is 0.508 e. The van der Waals surface area contributed by atoms with Gasteiger partial charge in [0.25, 0.3) is 0 Å². The molecule has 1 aromatic carbocycles. The van der Waals surface area contributed by atoms with Gasteiger partial charge in [-0.3, -0.25) is 0 Å². The van der Waals surface area contributed by atoms with Crippen LogP contribution in [0.3, 0.4) is 0 Å². The van der Waals surface area contributed by atoms with E-state index < -0.39 is 0 Å². The first-order chi connectivity index (χ1) is 8.74. The molecule has 0 saturated heterocycles. The Bertz CT molecular complexity index is 256. The Morgan fingerprint density at radius 3 is 1.89 bits per heavy atom. The maximum Gasteiger partial charge on any atom is 0.157 e. The van der Waals surface area contributed by atoms with Crippen LogP contribution >= 0.6 is 0 Å². The molecule has 104 valence electrons. The highest BCUT2D eigenvalue weighted by Gasteiger charge is 2.05. The summed E-state index contributed by atoms with van der Waals surface area (Å²) in [6, 6.07) is 8.71. The van der Waals surface area contributed by atoms with Gasteiger partial charge in [0.15, 0.2) is 6.29 Å². The molecule has 0 atom stereocenters. The predicted octanol–water partition coefficient (Wildman–Crippen LogP) is 3.97. The molecular weight excluding hydrogens is 228 g/mol. The number of ether oxygens (including phenoxy) is 2. The van der Waals surface area contributed by atoms with E-state index in [-0.39, 0.29) is 6.29 Å². The van der Waals surface area contributed by atoms with Gasteiger partial charge in [-0.1, -0.05) is 31.5 Å². The van der Waals surface area contributed by atoms with Crippen molar-refractivity contribution in [2.75, 3.05) is 13.2 Å². The molecule has 3 heteroatoms. The Morgan fingerprint density at radius 1 is 1.00 bits per heavy atom. The number of phenols is 1. The Morgan fingerprint density at radius 2 is 1.56 bits per heavy atom. The van der Waals surface area contributed by atoms with E-state index in [2.05, 4.69) is 6.92 Å². The zero-order valence-corrected chi connectivity index (χ0v) is 11.8. The molecule has 0 fully saturated rings. The Hall–Kier alpha value is -1.06. The minimum Gasteiger partial charge on any atom is -0.508 e. The summed E-state index contributed by atoms with van der Waals surface area (Å²) < 4.78 is 10.7. The number of benzene rings is 1. The highest BCUT2D eigenvalue weighted by atomic mass is 16.7. The minimum absolute atomic E-state index is 0.0324. The highest BCUT2D eigenvalue weighted by molar-refractivity contribution is 5.18. The number of hydrogen-bond acceptors (Lipinski definition) is 3. The molecule has 0 heterocycles. The third kappa shape index (κ3) is 10.1. The highest BCUT2D eigenvalue weighted by Crippen LogP contribution is 2.05. The summed E-state index contributed by atoms with van der Waals surface area (Å²) in [7, 11) is 0. The van der Waals surface area contributed by atoms with Gasteiger partial charge < -0.3 is 14.6 Å². The van der Waals surface area contributed by atoms with Crippen molar-refractivity contribution in [3.8, 4) is 5.75 Å². The van der Waals surface area contributed by atoms with Gasteiger partial charge in [0.1, 0.15) is 5.75 Å². The first-order valence-electron chi connectivity index (χ1n) is 6.71. The Kier molecular flexibility index (Phi) is 11.7. The molecule has 0 saturated carbocycles. The standard InChI is InChI=1S/C9H20O2.C6H6O/c1-4-7-8-9(10-5-2)11-6-3;7-6-4-2-1-3-5-6/h9H,4-8H2,1-3H3;1-5,7H. The van der Waals surface area contributed by atoms with Crippen molar-refractivity contribution in [3.05, 3.63) is 30.3 Å². The summed E-state index contributed by atoms with van der Waals surface area (Å²) in [5, 5.41) is 8.63. The number of aromatic hydroxyl groups is 1. The maximum absolute atomic E-state index is 8.63. The van der Waals surface area contributed by atoms with E-state index >= 15 is 0 Å². The van der Waals surface area contributed by atoms with Gasteiger partial charge in [0.2, 0.25) is 0 Å². The van der Waals surface area contributed by atoms with Crippen LogP contribution in [0, 0.1) is 0 Å². The molecule has 1 N–H and O–H groups in total. The fraction of sp³-hybridized carbons (Fsp3) is 0.600. The van der Waals surface area contributed by atoms with Crippen LogP contribution in [0.2, 0.25) is 0 Å². The van der Waals surface area contributed by atoms with Gasteiger partial charge in [0.05, 0.1) is 0 Å². The molecule has 0 unspecified atom stereocenters. The summed E-state index contributed by atoms with van der Waals surface area (Å²) in [5.41, 5.74) is 0. The topological polar surface area (TPSA) is 38.7 Å². The molecular formula is C15H26O3. The molecule has 3 nitrogen and oxygen atoms in total. The summed E-state index contributed by atoms with van der Waals surface area (Å²) in [6.45, 7) is 7.66. The van der Waals surface area contributed by atoms with E-state index in [1.54, 1.807) is 24.3 Å². The summed E-state index contributed by atoms with van der Waals surface area (Å²) in [4.78, 5) is 0. The van der Waals surface area contributed by atoms with Gasteiger partial charge in [-0.05, 0) is 38.8 Å². The molecule has 0 aliphatic carbocycles. The van der Waals surface area contributed by atoms with Gasteiger partial charge in [-0.15, -0.1) is 0 Å². The van der Waals surface area contributed by atoms with Crippen LogP contribution in [0.1, 0.15) is 40.0 Å². The quantitative estimate of drug-likeness (QED) is 0.748. The molecule has 0 aliphatic heterocycles. The fourth-order valence-electron chi connectivity index (χ4n) is 1.39. The second-order valence-electron chi connectivity index (χ2n) is 3.82. The normalized spacial score (nSPS) is 10.0. The lowest BCUT2D eigenvalue weighted by Crippen LogP contribution is -2.16. The minimum atomic E-state index is 0.0324. The lowest BCUT2D eigenvalue weighted by Gasteiger charge is -2.15. The van der Waals surface area contributed by atoms with Crippen molar-refractivity contribution in [2.24, 2.45) is 0 Å². The lowest BCUT2D eigenvalue weighted by molar-refractivity contribution is -0.140. The second-order valence-corrected chi connectivity index (χ2v) is 3.82. The molecule has 0 radical (unpaired) electrons. The number of hydrogen-bond donors (Lipinski definition) is 1. The van der Waals surface area contributed by atoms with Crippen LogP contribution in [-0.4, -0.2) is 24.6 Å². The van der Waals surface area contributed by atoms with Gasteiger partial charge in [0, 0.05) is 13.2 Å². The number of unbranched alkanes of at least 4 members (excludes halogenated alkanes) is 1. The third-order valence-electron chi connectivity index (χ3n) is 2.25. The van der Waals surface area contributed by atoms with Gasteiger partial charge >= 0.3 is 0 Å². The first-order valence-corrected chi connectivity index (χ1v) is 6.71. The molecule has 0 amide bonds. The van der Waals surface area contributed by atoms with E-state index in [0.29, 0.717) is 5.75 Å². The maximum atomic E-state index is 8.63. The second kappa shape index (κ2) is 12.4. The molecule has 0 aliphatic rings. The third-order valence-corrected chi connectivity index (χ3v) is 2.25. The number of para-hydroxylation sites is 1.